The van der Waals surface area contributed by atoms with Crippen molar-refractivity contribution in [2.24, 2.45) is 0 Å². The van der Waals surface area contributed by atoms with Crippen molar-refractivity contribution in [3.05, 3.63) is 71.8 Å². The van der Waals surface area contributed by atoms with Gasteiger partial charge in [-0.3, -0.25) is 4.90 Å². The van der Waals surface area contributed by atoms with Crippen molar-refractivity contribution < 1.29 is 0 Å². The van der Waals surface area contributed by atoms with E-state index in [-0.39, 0.29) is 5.54 Å². The normalized spacial score (nSPS) is 18.5. The van der Waals surface area contributed by atoms with E-state index in [1.165, 1.54) is 37.1 Å². The van der Waals surface area contributed by atoms with E-state index in [9.17, 15) is 0 Å². The Balaban J connectivity index is 1.88. The Bertz CT molecular complexity index is 615. The van der Waals surface area contributed by atoms with Gasteiger partial charge >= 0.3 is 0 Å². The molecule has 0 saturated carbocycles. The summed E-state index contributed by atoms with van der Waals surface area (Å²) in [7, 11) is 0. The molecular formula is C22H30N2. The molecule has 1 saturated heterocycles. The summed E-state index contributed by atoms with van der Waals surface area (Å²) < 4.78 is 0. The number of nitrogens with one attached hydrogen (secondary N) is 1. The first-order chi connectivity index (χ1) is 11.6. The summed E-state index contributed by atoms with van der Waals surface area (Å²) in [5, 5.41) is 3.93. The van der Waals surface area contributed by atoms with Crippen molar-refractivity contribution in [2.75, 3.05) is 13.1 Å². The highest BCUT2D eigenvalue weighted by molar-refractivity contribution is 5.25. The van der Waals surface area contributed by atoms with Gasteiger partial charge in [-0.1, -0.05) is 60.7 Å². The predicted molar refractivity (Wildman–Crippen MR) is 102 cm³/mol. The van der Waals surface area contributed by atoms with E-state index in [4.69, 9.17) is 0 Å². The highest BCUT2D eigenvalue weighted by Gasteiger charge is 2.38. The highest BCUT2D eigenvalue weighted by Crippen LogP contribution is 2.35. The average molecular weight is 322 g/mol. The van der Waals surface area contributed by atoms with Gasteiger partial charge in [-0.2, -0.15) is 0 Å². The van der Waals surface area contributed by atoms with Gasteiger partial charge in [0.2, 0.25) is 0 Å². The second kappa shape index (κ2) is 7.50. The molecule has 1 unspecified atom stereocenters. The van der Waals surface area contributed by atoms with Gasteiger partial charge < -0.3 is 5.32 Å². The monoisotopic (exact) mass is 322 g/mol. The number of hydrogen-bond acceptors (Lipinski definition) is 2. The van der Waals surface area contributed by atoms with Gasteiger partial charge in [-0.05, 0) is 57.8 Å². The number of nitrogens with zero attached hydrogens (tertiary/aromatic N) is 1. The standard InChI is InChI=1S/C22H30N2/c1-18(19-12-6-4-7-13-19)23-21(20-14-8-5-9-15-20)22(2,3)24-16-10-11-17-24/h4-9,12-15,18,21,23H,10-11,16-17H2,1-3H3/t18?,21-/m1/s1. The van der Waals surface area contributed by atoms with Crippen LogP contribution in [0.1, 0.15) is 56.8 Å². The molecule has 24 heavy (non-hydrogen) atoms. The quantitative estimate of drug-likeness (QED) is 0.809. The van der Waals surface area contributed by atoms with E-state index in [1.54, 1.807) is 0 Å². The third-order valence-electron chi connectivity index (χ3n) is 5.48. The molecule has 0 aliphatic carbocycles. The van der Waals surface area contributed by atoms with E-state index >= 15 is 0 Å². The van der Waals surface area contributed by atoms with E-state index in [1.807, 2.05) is 0 Å². The van der Waals surface area contributed by atoms with Crippen molar-refractivity contribution in [1.82, 2.24) is 10.2 Å². The third-order valence-corrected chi connectivity index (χ3v) is 5.48. The van der Waals surface area contributed by atoms with Crippen molar-refractivity contribution >= 4 is 0 Å². The number of rotatable bonds is 6. The lowest BCUT2D eigenvalue weighted by Crippen LogP contribution is -2.52. The maximum atomic E-state index is 3.93. The minimum absolute atomic E-state index is 0.0842. The van der Waals surface area contributed by atoms with Crippen LogP contribution in [0.3, 0.4) is 0 Å². The van der Waals surface area contributed by atoms with Crippen LogP contribution < -0.4 is 5.32 Å². The Kier molecular flexibility index (Phi) is 5.37. The van der Waals surface area contributed by atoms with Crippen LogP contribution in [0, 0.1) is 0 Å². The molecule has 1 aliphatic heterocycles. The van der Waals surface area contributed by atoms with Gasteiger partial charge in [-0.25, -0.2) is 0 Å². The predicted octanol–water partition coefficient (Wildman–Crippen LogP) is 4.95. The number of likely N-dealkylation sites (tertiary alicyclic amines) is 1. The zero-order valence-corrected chi connectivity index (χ0v) is 15.2. The first kappa shape index (κ1) is 17.2. The Hall–Kier alpha value is -1.64. The minimum atomic E-state index is 0.0842. The second-order valence-electron chi connectivity index (χ2n) is 7.49. The van der Waals surface area contributed by atoms with Crippen LogP contribution in [0.2, 0.25) is 0 Å². The largest absolute Gasteiger partial charge is 0.302 e. The van der Waals surface area contributed by atoms with Gasteiger partial charge in [-0.15, -0.1) is 0 Å². The molecule has 3 rings (SSSR count). The zero-order chi connectivity index (χ0) is 17.0. The van der Waals surface area contributed by atoms with E-state index in [0.717, 1.165) is 0 Å². The van der Waals surface area contributed by atoms with Gasteiger partial charge in [0.1, 0.15) is 0 Å². The average Bonchev–Trinajstić information content (AvgIpc) is 3.16. The third kappa shape index (κ3) is 3.71. The fourth-order valence-corrected chi connectivity index (χ4v) is 3.92. The molecular weight excluding hydrogens is 292 g/mol. The summed E-state index contributed by atoms with van der Waals surface area (Å²) in [4.78, 5) is 2.65. The first-order valence-electron chi connectivity index (χ1n) is 9.20. The highest BCUT2D eigenvalue weighted by atomic mass is 15.2. The van der Waals surface area contributed by atoms with Crippen molar-refractivity contribution in [2.45, 2.75) is 51.2 Å². The van der Waals surface area contributed by atoms with Crippen molar-refractivity contribution in [1.29, 1.82) is 0 Å². The van der Waals surface area contributed by atoms with Crippen molar-refractivity contribution in [3.63, 3.8) is 0 Å². The Morgan fingerprint density at radius 1 is 0.833 bits per heavy atom. The summed E-state index contributed by atoms with van der Waals surface area (Å²) in [6, 6.07) is 22.3. The molecule has 0 spiro atoms. The van der Waals surface area contributed by atoms with Gasteiger partial charge in [0.25, 0.3) is 0 Å². The molecule has 2 heteroatoms. The number of hydrogen-bond donors (Lipinski definition) is 1. The molecule has 1 N–H and O–H groups in total. The molecule has 2 atom stereocenters. The Morgan fingerprint density at radius 2 is 1.33 bits per heavy atom. The van der Waals surface area contributed by atoms with Crippen LogP contribution in [0.15, 0.2) is 60.7 Å². The molecule has 0 radical (unpaired) electrons. The number of benzene rings is 2. The molecule has 2 nitrogen and oxygen atoms in total. The summed E-state index contributed by atoms with van der Waals surface area (Å²) in [5.41, 5.74) is 2.80. The van der Waals surface area contributed by atoms with Gasteiger partial charge in [0, 0.05) is 11.6 Å². The summed E-state index contributed by atoms with van der Waals surface area (Å²) in [5.74, 6) is 0. The molecule has 128 valence electrons. The first-order valence-corrected chi connectivity index (χ1v) is 9.20. The van der Waals surface area contributed by atoms with Crippen LogP contribution in [0.25, 0.3) is 0 Å². The summed E-state index contributed by atoms with van der Waals surface area (Å²) in [6.07, 6.45) is 2.64. The fraction of sp³-hybridized carbons (Fsp3) is 0.455. The lowest BCUT2D eigenvalue weighted by Gasteiger charge is -2.44. The molecule has 2 aromatic carbocycles. The maximum Gasteiger partial charge on any atom is 0.0506 e. The second-order valence-corrected chi connectivity index (χ2v) is 7.49. The SMILES string of the molecule is CC(N[C@H](c1ccccc1)C(C)(C)N1CCCC1)c1ccccc1. The van der Waals surface area contributed by atoms with E-state index < -0.39 is 0 Å². The fourth-order valence-electron chi connectivity index (χ4n) is 3.92. The van der Waals surface area contributed by atoms with Crippen LogP contribution in [0.5, 0.6) is 0 Å². The van der Waals surface area contributed by atoms with Gasteiger partial charge in [0.05, 0.1) is 6.04 Å². The smallest absolute Gasteiger partial charge is 0.0506 e. The molecule has 2 aromatic rings. The lowest BCUT2D eigenvalue weighted by molar-refractivity contribution is 0.101. The maximum absolute atomic E-state index is 3.93. The van der Waals surface area contributed by atoms with Gasteiger partial charge in [0.15, 0.2) is 0 Å². The van der Waals surface area contributed by atoms with E-state index in [0.29, 0.717) is 12.1 Å². The van der Waals surface area contributed by atoms with Crippen LogP contribution in [-0.2, 0) is 0 Å². The summed E-state index contributed by atoms with van der Waals surface area (Å²) in [6.45, 7) is 9.46. The van der Waals surface area contributed by atoms with Crippen LogP contribution >= 0.6 is 0 Å². The molecule has 0 aromatic heterocycles. The Labute approximate surface area is 146 Å². The van der Waals surface area contributed by atoms with Crippen LogP contribution in [0.4, 0.5) is 0 Å². The lowest BCUT2D eigenvalue weighted by atomic mass is 9.86. The molecule has 1 fully saturated rings. The molecule has 1 aliphatic rings. The zero-order valence-electron chi connectivity index (χ0n) is 15.2. The summed E-state index contributed by atoms with van der Waals surface area (Å²) >= 11 is 0. The van der Waals surface area contributed by atoms with Crippen molar-refractivity contribution in [3.8, 4) is 0 Å². The molecule has 0 bridgehead atoms. The van der Waals surface area contributed by atoms with Crippen LogP contribution in [-0.4, -0.2) is 23.5 Å². The Morgan fingerprint density at radius 3 is 1.88 bits per heavy atom. The topological polar surface area (TPSA) is 15.3 Å². The minimum Gasteiger partial charge on any atom is -0.302 e. The molecule has 1 heterocycles. The van der Waals surface area contributed by atoms with E-state index in [2.05, 4.69) is 91.7 Å². The molecule has 0 amide bonds.